The molecule has 1 aromatic heterocycles. The average molecular weight is 233 g/mol. The second-order valence-electron chi connectivity index (χ2n) is 3.06. The summed E-state index contributed by atoms with van der Waals surface area (Å²) in [6, 6.07) is 0.888. The zero-order valence-corrected chi connectivity index (χ0v) is 8.75. The van der Waals surface area contributed by atoms with Gasteiger partial charge in [-0.25, -0.2) is 14.2 Å². The van der Waals surface area contributed by atoms with Crippen LogP contribution in [0.4, 0.5) is 10.1 Å². The normalized spacial score (nSPS) is 12.2. The summed E-state index contributed by atoms with van der Waals surface area (Å²) >= 11 is 5.61. The van der Waals surface area contributed by atoms with E-state index in [-0.39, 0.29) is 16.4 Å². The van der Waals surface area contributed by atoms with E-state index in [0.717, 1.165) is 6.20 Å². The highest BCUT2D eigenvalue weighted by molar-refractivity contribution is 6.29. The van der Waals surface area contributed by atoms with Crippen LogP contribution in [0.15, 0.2) is 12.3 Å². The number of alkyl halides is 1. The van der Waals surface area contributed by atoms with Crippen molar-refractivity contribution >= 4 is 23.3 Å². The Morgan fingerprint density at radius 1 is 1.80 bits per heavy atom. The predicted molar refractivity (Wildman–Crippen MR) is 55.3 cm³/mol. The third-order valence-corrected chi connectivity index (χ3v) is 1.94. The van der Waals surface area contributed by atoms with Gasteiger partial charge in [0.05, 0.1) is 11.7 Å². The van der Waals surface area contributed by atoms with Crippen LogP contribution in [0.2, 0.25) is 5.15 Å². The molecule has 1 aromatic rings. The van der Waals surface area contributed by atoms with Crippen LogP contribution >= 0.6 is 11.6 Å². The number of anilines is 1. The van der Waals surface area contributed by atoms with Gasteiger partial charge in [-0.1, -0.05) is 11.6 Å². The second-order valence-corrected chi connectivity index (χ2v) is 3.44. The maximum atomic E-state index is 12.2. The summed E-state index contributed by atoms with van der Waals surface area (Å²) in [4.78, 5) is 14.4. The molecule has 1 rings (SSSR count). The van der Waals surface area contributed by atoms with Crippen LogP contribution in [-0.2, 0) is 0 Å². The summed E-state index contributed by atoms with van der Waals surface area (Å²) in [6.07, 6.45) is 1.14. The van der Waals surface area contributed by atoms with Crippen molar-refractivity contribution in [1.29, 1.82) is 0 Å². The molecule has 1 heterocycles. The van der Waals surface area contributed by atoms with E-state index in [0.29, 0.717) is 0 Å². The van der Waals surface area contributed by atoms with E-state index >= 15 is 0 Å². The minimum Gasteiger partial charge on any atom is -0.478 e. The first-order valence-corrected chi connectivity index (χ1v) is 4.63. The van der Waals surface area contributed by atoms with Gasteiger partial charge in [-0.15, -0.1) is 0 Å². The highest BCUT2D eigenvalue weighted by atomic mass is 35.5. The molecule has 0 saturated heterocycles. The number of pyridine rings is 1. The monoisotopic (exact) mass is 232 g/mol. The molecule has 15 heavy (non-hydrogen) atoms. The standard InChI is InChI=1S/C9H10ClFN2O2/c1-5(3-11)13-7-2-8(10)12-4-6(7)9(14)15/h2,4-5H,3H2,1H3,(H,12,13)(H,14,15). The fourth-order valence-corrected chi connectivity index (χ4v) is 1.18. The molecular weight excluding hydrogens is 223 g/mol. The summed E-state index contributed by atoms with van der Waals surface area (Å²) in [5, 5.41) is 11.7. The quantitative estimate of drug-likeness (QED) is 0.782. The molecule has 0 radical (unpaired) electrons. The Morgan fingerprint density at radius 3 is 3.00 bits per heavy atom. The molecule has 0 saturated carbocycles. The van der Waals surface area contributed by atoms with Crippen molar-refractivity contribution in [1.82, 2.24) is 4.98 Å². The van der Waals surface area contributed by atoms with Crippen LogP contribution in [0.25, 0.3) is 0 Å². The molecule has 0 spiro atoms. The zero-order chi connectivity index (χ0) is 11.4. The number of nitrogens with zero attached hydrogens (tertiary/aromatic N) is 1. The van der Waals surface area contributed by atoms with Crippen LogP contribution in [-0.4, -0.2) is 28.8 Å². The fraction of sp³-hybridized carbons (Fsp3) is 0.333. The molecule has 4 nitrogen and oxygen atoms in total. The summed E-state index contributed by atoms with van der Waals surface area (Å²) < 4.78 is 12.2. The minimum absolute atomic E-state index is 0.0281. The Bertz CT molecular complexity index is 373. The van der Waals surface area contributed by atoms with Gasteiger partial charge in [-0.3, -0.25) is 0 Å². The molecule has 82 valence electrons. The highest BCUT2D eigenvalue weighted by Crippen LogP contribution is 2.19. The van der Waals surface area contributed by atoms with Crippen molar-refractivity contribution < 1.29 is 14.3 Å². The number of hydrogen-bond donors (Lipinski definition) is 2. The molecule has 0 amide bonds. The van der Waals surface area contributed by atoms with Gasteiger partial charge >= 0.3 is 5.97 Å². The molecule has 1 atom stereocenters. The third kappa shape index (κ3) is 3.06. The number of rotatable bonds is 4. The summed E-state index contributed by atoms with van der Waals surface area (Å²) in [5.41, 5.74) is 0.243. The lowest BCUT2D eigenvalue weighted by Gasteiger charge is -2.13. The summed E-state index contributed by atoms with van der Waals surface area (Å²) in [6.45, 7) is 0.999. The van der Waals surface area contributed by atoms with Crippen molar-refractivity contribution in [3.8, 4) is 0 Å². The van der Waals surface area contributed by atoms with Gasteiger partial charge in [0.15, 0.2) is 0 Å². The van der Waals surface area contributed by atoms with Gasteiger partial charge in [0.1, 0.15) is 17.4 Å². The Hall–Kier alpha value is -1.36. The largest absolute Gasteiger partial charge is 0.478 e. The van der Waals surface area contributed by atoms with E-state index < -0.39 is 18.7 Å². The number of carboxylic acids is 1. The van der Waals surface area contributed by atoms with E-state index in [9.17, 15) is 9.18 Å². The smallest absolute Gasteiger partial charge is 0.339 e. The average Bonchev–Trinajstić information content (AvgIpc) is 2.17. The van der Waals surface area contributed by atoms with Crippen molar-refractivity contribution in [2.24, 2.45) is 0 Å². The Morgan fingerprint density at radius 2 is 2.47 bits per heavy atom. The molecule has 6 heteroatoms. The van der Waals surface area contributed by atoms with Crippen LogP contribution in [0.5, 0.6) is 0 Å². The fourth-order valence-electron chi connectivity index (χ4n) is 1.02. The molecule has 0 aliphatic rings. The highest BCUT2D eigenvalue weighted by Gasteiger charge is 2.13. The maximum absolute atomic E-state index is 12.2. The maximum Gasteiger partial charge on any atom is 0.339 e. The zero-order valence-electron chi connectivity index (χ0n) is 8.00. The number of halogens is 2. The molecular formula is C9H10ClFN2O2. The lowest BCUT2D eigenvalue weighted by Crippen LogP contribution is -2.19. The first-order chi connectivity index (χ1) is 7.04. The van der Waals surface area contributed by atoms with Crippen molar-refractivity contribution in [2.75, 3.05) is 12.0 Å². The van der Waals surface area contributed by atoms with Crippen LogP contribution in [0, 0.1) is 0 Å². The molecule has 0 fully saturated rings. The van der Waals surface area contributed by atoms with Crippen molar-refractivity contribution in [3.05, 3.63) is 23.0 Å². The van der Waals surface area contributed by atoms with Crippen LogP contribution < -0.4 is 5.32 Å². The van der Waals surface area contributed by atoms with E-state index in [1.54, 1.807) is 6.92 Å². The van der Waals surface area contributed by atoms with Crippen LogP contribution in [0.1, 0.15) is 17.3 Å². The SMILES string of the molecule is CC(CF)Nc1cc(Cl)ncc1C(=O)O. The Labute approximate surface area is 91.1 Å². The predicted octanol–water partition coefficient (Wildman–Crippen LogP) is 2.20. The lowest BCUT2D eigenvalue weighted by molar-refractivity contribution is 0.0697. The molecule has 2 N–H and O–H groups in total. The number of carboxylic acid groups (broad SMARTS) is 1. The Balaban J connectivity index is 3.02. The van der Waals surface area contributed by atoms with Gasteiger partial charge < -0.3 is 10.4 Å². The lowest BCUT2D eigenvalue weighted by atomic mass is 10.2. The summed E-state index contributed by atoms with van der Waals surface area (Å²) in [5.74, 6) is -1.13. The number of nitrogens with one attached hydrogen (secondary N) is 1. The van der Waals surface area contributed by atoms with Gasteiger partial charge in [-0.05, 0) is 13.0 Å². The molecule has 1 unspecified atom stereocenters. The first kappa shape index (κ1) is 11.7. The molecule has 0 aliphatic carbocycles. The number of aromatic nitrogens is 1. The number of hydrogen-bond acceptors (Lipinski definition) is 3. The number of aromatic carboxylic acids is 1. The van der Waals surface area contributed by atoms with Gasteiger partial charge in [0.25, 0.3) is 0 Å². The van der Waals surface area contributed by atoms with Gasteiger partial charge in [-0.2, -0.15) is 0 Å². The van der Waals surface area contributed by atoms with Crippen molar-refractivity contribution in [3.63, 3.8) is 0 Å². The van der Waals surface area contributed by atoms with Crippen molar-refractivity contribution in [2.45, 2.75) is 13.0 Å². The summed E-state index contributed by atoms with van der Waals surface area (Å²) in [7, 11) is 0. The minimum atomic E-state index is -1.13. The van der Waals surface area contributed by atoms with E-state index in [1.165, 1.54) is 6.07 Å². The Kier molecular flexibility index (Phi) is 3.85. The first-order valence-electron chi connectivity index (χ1n) is 4.26. The van der Waals surface area contributed by atoms with E-state index in [2.05, 4.69) is 10.3 Å². The molecule has 0 bridgehead atoms. The van der Waals surface area contributed by atoms with Crippen LogP contribution in [0.3, 0.4) is 0 Å². The topological polar surface area (TPSA) is 62.2 Å². The van der Waals surface area contributed by atoms with E-state index in [1.807, 2.05) is 0 Å². The molecule has 0 aromatic carbocycles. The van der Waals surface area contributed by atoms with E-state index in [4.69, 9.17) is 16.7 Å². The second kappa shape index (κ2) is 4.93. The third-order valence-electron chi connectivity index (χ3n) is 1.73. The van der Waals surface area contributed by atoms with Gasteiger partial charge in [0.2, 0.25) is 0 Å². The molecule has 0 aliphatic heterocycles. The number of carbonyl (C=O) groups is 1. The van der Waals surface area contributed by atoms with Gasteiger partial charge in [0, 0.05) is 6.20 Å².